The van der Waals surface area contributed by atoms with Crippen LogP contribution in [0.25, 0.3) is 0 Å². The maximum Gasteiger partial charge on any atom is 0.233 e. The molecule has 0 aliphatic carbocycles. The number of benzene rings is 2. The van der Waals surface area contributed by atoms with Gasteiger partial charge in [0.2, 0.25) is 5.91 Å². The molecule has 132 valence electrons. The van der Waals surface area contributed by atoms with E-state index in [9.17, 15) is 4.79 Å². The van der Waals surface area contributed by atoms with E-state index in [2.05, 4.69) is 15.9 Å². The zero-order valence-electron chi connectivity index (χ0n) is 14.2. The Morgan fingerprint density at radius 3 is 2.60 bits per heavy atom. The molecule has 0 saturated carbocycles. The Balaban J connectivity index is 1.90. The van der Waals surface area contributed by atoms with Crippen LogP contribution in [0.3, 0.4) is 0 Å². The van der Waals surface area contributed by atoms with Crippen LogP contribution in [0.5, 0.6) is 0 Å². The largest absolute Gasteiger partial charge is 0.381 e. The maximum atomic E-state index is 13.5. The molecule has 1 fully saturated rings. The second-order valence-corrected chi connectivity index (χ2v) is 7.75. The highest BCUT2D eigenvalue weighted by atomic mass is 79.9. The normalized spacial score (nSPS) is 16.4. The van der Waals surface area contributed by atoms with Crippen molar-refractivity contribution in [2.45, 2.75) is 24.8 Å². The van der Waals surface area contributed by atoms with Gasteiger partial charge < -0.3 is 9.64 Å². The molecule has 0 aromatic heterocycles. The third kappa shape index (κ3) is 3.91. The predicted molar refractivity (Wildman–Crippen MR) is 104 cm³/mol. The van der Waals surface area contributed by atoms with Crippen molar-refractivity contribution < 1.29 is 9.53 Å². The molecule has 2 aromatic rings. The standard InChI is InChI=1S/C20H21BrClNO2/c1-23(14-15-5-2-3-8-18(15)21)19(24)20(9-11-25-12-10-20)16-6-4-7-17(22)13-16/h2-8,13H,9-12,14H2,1H3. The van der Waals surface area contributed by atoms with E-state index in [0.717, 1.165) is 15.6 Å². The smallest absolute Gasteiger partial charge is 0.233 e. The molecule has 1 saturated heterocycles. The molecule has 2 aromatic carbocycles. The molecule has 25 heavy (non-hydrogen) atoms. The topological polar surface area (TPSA) is 29.5 Å². The van der Waals surface area contributed by atoms with Crippen molar-refractivity contribution in [2.75, 3.05) is 20.3 Å². The number of nitrogens with zero attached hydrogens (tertiary/aromatic N) is 1. The number of rotatable bonds is 4. The fraction of sp³-hybridized carbons (Fsp3) is 0.350. The van der Waals surface area contributed by atoms with Crippen LogP contribution in [0.4, 0.5) is 0 Å². The van der Waals surface area contributed by atoms with Crippen molar-refractivity contribution >= 4 is 33.4 Å². The number of hydrogen-bond acceptors (Lipinski definition) is 2. The summed E-state index contributed by atoms with van der Waals surface area (Å²) in [6.45, 7) is 1.73. The predicted octanol–water partition coefficient (Wildman–Crippen LogP) is 4.81. The van der Waals surface area contributed by atoms with E-state index >= 15 is 0 Å². The summed E-state index contributed by atoms with van der Waals surface area (Å²) in [6.07, 6.45) is 1.35. The molecule has 0 unspecified atom stereocenters. The van der Waals surface area contributed by atoms with Crippen LogP contribution in [-0.4, -0.2) is 31.1 Å². The first-order chi connectivity index (χ1) is 12.0. The van der Waals surface area contributed by atoms with Gasteiger partial charge in [-0.15, -0.1) is 0 Å². The first kappa shape index (κ1) is 18.4. The number of likely N-dealkylation sites (N-methyl/N-ethyl adjacent to an activating group) is 1. The lowest BCUT2D eigenvalue weighted by Gasteiger charge is -2.39. The molecule has 0 N–H and O–H groups in total. The van der Waals surface area contributed by atoms with Gasteiger partial charge in [0, 0.05) is 36.3 Å². The van der Waals surface area contributed by atoms with E-state index in [1.807, 2.05) is 60.5 Å². The fourth-order valence-electron chi connectivity index (χ4n) is 3.45. The molecule has 1 heterocycles. The second-order valence-electron chi connectivity index (χ2n) is 6.46. The van der Waals surface area contributed by atoms with Crippen LogP contribution >= 0.6 is 27.5 Å². The number of hydrogen-bond donors (Lipinski definition) is 0. The van der Waals surface area contributed by atoms with Gasteiger partial charge in [0.25, 0.3) is 0 Å². The minimum absolute atomic E-state index is 0.119. The SMILES string of the molecule is CN(Cc1ccccc1Br)C(=O)C1(c2cccc(Cl)c2)CCOCC1. The van der Waals surface area contributed by atoms with Gasteiger partial charge in [-0.25, -0.2) is 0 Å². The average Bonchev–Trinajstić information content (AvgIpc) is 2.63. The Hall–Kier alpha value is -1.36. The first-order valence-electron chi connectivity index (χ1n) is 8.36. The highest BCUT2D eigenvalue weighted by Crippen LogP contribution is 2.38. The molecule has 5 heteroatoms. The third-order valence-electron chi connectivity index (χ3n) is 4.84. The van der Waals surface area contributed by atoms with Crippen LogP contribution in [0, 0.1) is 0 Å². The van der Waals surface area contributed by atoms with Gasteiger partial charge in [-0.2, -0.15) is 0 Å². The van der Waals surface area contributed by atoms with Gasteiger partial charge in [-0.05, 0) is 42.2 Å². The van der Waals surface area contributed by atoms with Crippen LogP contribution in [-0.2, 0) is 21.5 Å². The van der Waals surface area contributed by atoms with Gasteiger partial charge in [-0.3, -0.25) is 4.79 Å². The lowest BCUT2D eigenvalue weighted by Crippen LogP contribution is -2.48. The number of carbonyl (C=O) groups is 1. The van der Waals surface area contributed by atoms with Crippen LogP contribution < -0.4 is 0 Å². The summed E-state index contributed by atoms with van der Waals surface area (Å²) in [5, 5.41) is 0.657. The minimum atomic E-state index is -0.570. The van der Waals surface area contributed by atoms with Gasteiger partial charge in [0.15, 0.2) is 0 Å². The third-order valence-corrected chi connectivity index (χ3v) is 5.85. The number of ether oxygens (including phenoxy) is 1. The Bertz CT molecular complexity index is 759. The molecule has 1 aliphatic rings. The van der Waals surface area contributed by atoms with Crippen molar-refractivity contribution in [1.29, 1.82) is 0 Å². The van der Waals surface area contributed by atoms with Gasteiger partial charge in [0.1, 0.15) is 0 Å². The van der Waals surface area contributed by atoms with E-state index in [4.69, 9.17) is 16.3 Å². The zero-order valence-corrected chi connectivity index (χ0v) is 16.5. The molecular formula is C20H21BrClNO2. The molecule has 1 aliphatic heterocycles. The summed E-state index contributed by atoms with van der Waals surface area (Å²) >= 11 is 9.76. The summed E-state index contributed by atoms with van der Waals surface area (Å²) in [7, 11) is 1.86. The minimum Gasteiger partial charge on any atom is -0.381 e. The molecule has 1 amide bonds. The molecule has 0 bridgehead atoms. The summed E-state index contributed by atoms with van der Waals surface area (Å²) in [5.74, 6) is 0.119. The monoisotopic (exact) mass is 421 g/mol. The van der Waals surface area contributed by atoms with E-state index in [1.54, 1.807) is 0 Å². The fourth-order valence-corrected chi connectivity index (χ4v) is 4.05. The molecular weight excluding hydrogens is 402 g/mol. The molecule has 0 spiro atoms. The van der Waals surface area contributed by atoms with Gasteiger partial charge >= 0.3 is 0 Å². The Labute approximate surface area is 162 Å². The number of amides is 1. The summed E-state index contributed by atoms with van der Waals surface area (Å²) in [4.78, 5) is 15.3. The molecule has 0 radical (unpaired) electrons. The number of carbonyl (C=O) groups excluding carboxylic acids is 1. The second kappa shape index (κ2) is 7.90. The van der Waals surface area contributed by atoms with Gasteiger partial charge in [0.05, 0.1) is 5.41 Å². The van der Waals surface area contributed by atoms with Crippen molar-refractivity contribution in [3.63, 3.8) is 0 Å². The highest BCUT2D eigenvalue weighted by molar-refractivity contribution is 9.10. The van der Waals surface area contributed by atoms with Crippen LogP contribution in [0.2, 0.25) is 5.02 Å². The Kier molecular flexibility index (Phi) is 5.82. The van der Waals surface area contributed by atoms with E-state index in [0.29, 0.717) is 37.6 Å². The number of halogens is 2. The van der Waals surface area contributed by atoms with Crippen LogP contribution in [0.1, 0.15) is 24.0 Å². The lowest BCUT2D eigenvalue weighted by atomic mass is 9.73. The Morgan fingerprint density at radius 1 is 1.20 bits per heavy atom. The van der Waals surface area contributed by atoms with Crippen molar-refractivity contribution in [1.82, 2.24) is 4.90 Å². The Morgan fingerprint density at radius 2 is 1.92 bits per heavy atom. The lowest BCUT2D eigenvalue weighted by molar-refractivity contribution is -0.140. The summed E-state index contributed by atoms with van der Waals surface area (Å²) in [6, 6.07) is 15.7. The van der Waals surface area contributed by atoms with Crippen molar-refractivity contribution in [3.05, 3.63) is 69.2 Å². The zero-order chi connectivity index (χ0) is 17.9. The maximum absolute atomic E-state index is 13.5. The van der Waals surface area contributed by atoms with Crippen molar-refractivity contribution in [3.8, 4) is 0 Å². The average molecular weight is 423 g/mol. The molecule has 3 nitrogen and oxygen atoms in total. The van der Waals surface area contributed by atoms with Crippen LogP contribution in [0.15, 0.2) is 53.0 Å². The van der Waals surface area contributed by atoms with Crippen molar-refractivity contribution in [2.24, 2.45) is 0 Å². The molecule has 3 rings (SSSR count). The highest BCUT2D eigenvalue weighted by Gasteiger charge is 2.43. The van der Waals surface area contributed by atoms with E-state index in [1.165, 1.54) is 0 Å². The van der Waals surface area contributed by atoms with E-state index < -0.39 is 5.41 Å². The quantitative estimate of drug-likeness (QED) is 0.707. The molecule has 0 atom stereocenters. The van der Waals surface area contributed by atoms with Gasteiger partial charge in [-0.1, -0.05) is 57.9 Å². The summed E-state index contributed by atoms with van der Waals surface area (Å²) in [5.41, 5.74) is 1.50. The summed E-state index contributed by atoms with van der Waals surface area (Å²) < 4.78 is 6.54. The van der Waals surface area contributed by atoms with E-state index in [-0.39, 0.29) is 5.91 Å². The first-order valence-corrected chi connectivity index (χ1v) is 9.53.